The molecule has 0 unspecified atom stereocenters. The Hall–Kier alpha value is -1.11. The Bertz CT molecular complexity index is 640. The van der Waals surface area contributed by atoms with E-state index in [0.29, 0.717) is 32.5 Å². The van der Waals surface area contributed by atoms with Crippen molar-refractivity contribution < 1.29 is 13.2 Å². The highest BCUT2D eigenvalue weighted by atomic mass is 35.5. The van der Waals surface area contributed by atoms with Crippen LogP contribution in [-0.4, -0.2) is 44.5 Å². The van der Waals surface area contributed by atoms with E-state index in [9.17, 15) is 13.2 Å². The van der Waals surface area contributed by atoms with Crippen molar-refractivity contribution in [2.24, 2.45) is 5.92 Å². The normalized spacial score (nSPS) is 17.1. The monoisotopic (exact) mass is 358 g/mol. The van der Waals surface area contributed by atoms with E-state index in [1.54, 1.807) is 0 Å². The van der Waals surface area contributed by atoms with Crippen molar-refractivity contribution in [1.29, 1.82) is 0 Å². The predicted octanol–water partition coefficient (Wildman–Crippen LogP) is 2.06. The van der Waals surface area contributed by atoms with E-state index >= 15 is 0 Å². The van der Waals surface area contributed by atoms with Gasteiger partial charge in [-0.05, 0) is 37.3 Å². The van der Waals surface area contributed by atoms with Gasteiger partial charge in [-0.15, -0.1) is 0 Å². The smallest absolute Gasteiger partial charge is 0.223 e. The molecule has 5 nitrogen and oxygen atoms in total. The maximum atomic E-state index is 12.1. The lowest BCUT2D eigenvalue weighted by atomic mass is 9.97. The van der Waals surface area contributed by atoms with Gasteiger partial charge in [-0.25, -0.2) is 12.7 Å². The first-order chi connectivity index (χ1) is 10.9. The Labute approximate surface area is 143 Å². The number of hydrogen-bond donors (Lipinski definition) is 1. The molecule has 1 fully saturated rings. The van der Waals surface area contributed by atoms with E-state index in [2.05, 4.69) is 5.32 Å². The summed E-state index contributed by atoms with van der Waals surface area (Å²) in [5.41, 5.74) is 1.09. The molecule has 2 rings (SSSR count). The largest absolute Gasteiger partial charge is 0.356 e. The molecule has 1 aliphatic rings. The van der Waals surface area contributed by atoms with Gasteiger partial charge in [-0.2, -0.15) is 0 Å². The van der Waals surface area contributed by atoms with E-state index in [1.807, 2.05) is 24.3 Å². The van der Waals surface area contributed by atoms with Crippen molar-refractivity contribution in [3.05, 3.63) is 34.9 Å². The molecule has 0 aliphatic carbocycles. The maximum absolute atomic E-state index is 12.1. The van der Waals surface area contributed by atoms with Gasteiger partial charge in [0.15, 0.2) is 0 Å². The molecule has 0 radical (unpaired) electrons. The third-order valence-electron chi connectivity index (χ3n) is 4.17. The third-order valence-corrected chi connectivity index (χ3v) is 5.85. The summed E-state index contributed by atoms with van der Waals surface area (Å²) >= 11 is 6.10. The highest BCUT2D eigenvalue weighted by Gasteiger charge is 2.28. The number of hydrogen-bond acceptors (Lipinski definition) is 3. The van der Waals surface area contributed by atoms with Crippen LogP contribution in [0, 0.1) is 5.92 Å². The maximum Gasteiger partial charge on any atom is 0.223 e. The second-order valence-corrected chi connectivity index (χ2v) is 8.31. The van der Waals surface area contributed by atoms with Gasteiger partial charge in [0.25, 0.3) is 0 Å². The molecule has 1 aromatic rings. The highest BCUT2D eigenvalue weighted by Crippen LogP contribution is 2.19. The Balaban J connectivity index is 1.69. The minimum absolute atomic E-state index is 0.0253. The number of piperidine rings is 1. The van der Waals surface area contributed by atoms with Gasteiger partial charge in [0.1, 0.15) is 0 Å². The molecule has 0 bridgehead atoms. The molecule has 1 saturated heterocycles. The van der Waals surface area contributed by atoms with Crippen LogP contribution in [-0.2, 0) is 21.2 Å². The van der Waals surface area contributed by atoms with Crippen molar-refractivity contribution in [1.82, 2.24) is 9.62 Å². The van der Waals surface area contributed by atoms with Crippen LogP contribution in [0.5, 0.6) is 0 Å². The summed E-state index contributed by atoms with van der Waals surface area (Å²) in [7, 11) is -3.14. The second kappa shape index (κ2) is 8.13. The van der Waals surface area contributed by atoms with Crippen LogP contribution < -0.4 is 5.32 Å². The molecule has 7 heteroatoms. The van der Waals surface area contributed by atoms with E-state index in [1.165, 1.54) is 10.6 Å². The topological polar surface area (TPSA) is 66.5 Å². The van der Waals surface area contributed by atoms with Crippen LogP contribution in [0.1, 0.15) is 24.8 Å². The van der Waals surface area contributed by atoms with Gasteiger partial charge in [-0.1, -0.05) is 29.8 Å². The first-order valence-electron chi connectivity index (χ1n) is 7.84. The number of amides is 1. The number of carbonyl (C=O) groups is 1. The summed E-state index contributed by atoms with van der Waals surface area (Å²) in [4.78, 5) is 12.1. The molecule has 23 heavy (non-hydrogen) atoms. The van der Waals surface area contributed by atoms with Crippen molar-refractivity contribution in [2.75, 3.05) is 25.9 Å². The summed E-state index contributed by atoms with van der Waals surface area (Å²) in [5, 5.41) is 3.70. The number of sulfonamides is 1. The van der Waals surface area contributed by atoms with E-state index < -0.39 is 10.0 Å². The van der Waals surface area contributed by atoms with E-state index in [-0.39, 0.29) is 11.8 Å². The Morgan fingerprint density at radius 1 is 1.30 bits per heavy atom. The molecule has 1 N–H and O–H groups in total. The SMILES string of the molecule is CS(=O)(=O)N1CCC(C(=O)NCCCc2ccccc2Cl)CC1. The molecule has 1 aromatic carbocycles. The van der Waals surface area contributed by atoms with Crippen molar-refractivity contribution in [2.45, 2.75) is 25.7 Å². The van der Waals surface area contributed by atoms with Crippen LogP contribution in [0.2, 0.25) is 5.02 Å². The standard InChI is InChI=1S/C16H23ClN2O3S/c1-23(21,22)19-11-8-14(9-12-19)16(20)18-10-4-6-13-5-2-3-7-15(13)17/h2-3,5,7,14H,4,6,8-12H2,1H3,(H,18,20). The molecule has 1 heterocycles. The Morgan fingerprint density at radius 2 is 1.96 bits per heavy atom. The second-order valence-electron chi connectivity index (χ2n) is 5.92. The van der Waals surface area contributed by atoms with Crippen LogP contribution in [0.25, 0.3) is 0 Å². The molecule has 0 atom stereocenters. The molecule has 0 aromatic heterocycles. The van der Waals surface area contributed by atoms with E-state index in [0.717, 1.165) is 23.4 Å². The molecule has 1 aliphatic heterocycles. The fourth-order valence-electron chi connectivity index (χ4n) is 2.79. The van der Waals surface area contributed by atoms with Crippen LogP contribution in [0.3, 0.4) is 0 Å². The summed E-state index contributed by atoms with van der Waals surface area (Å²) in [6.07, 6.45) is 4.04. The highest BCUT2D eigenvalue weighted by molar-refractivity contribution is 7.88. The van der Waals surface area contributed by atoms with Crippen LogP contribution in [0.15, 0.2) is 24.3 Å². The molecule has 128 valence electrons. The number of aryl methyl sites for hydroxylation is 1. The average molecular weight is 359 g/mol. The molecule has 1 amide bonds. The molecular weight excluding hydrogens is 336 g/mol. The number of benzene rings is 1. The first kappa shape index (κ1) is 18.2. The fraction of sp³-hybridized carbons (Fsp3) is 0.562. The van der Waals surface area contributed by atoms with Gasteiger partial charge in [0, 0.05) is 30.6 Å². The van der Waals surface area contributed by atoms with Gasteiger partial charge >= 0.3 is 0 Å². The predicted molar refractivity (Wildman–Crippen MR) is 91.9 cm³/mol. The number of nitrogens with one attached hydrogen (secondary N) is 1. The lowest BCUT2D eigenvalue weighted by molar-refractivity contribution is -0.126. The lowest BCUT2D eigenvalue weighted by Gasteiger charge is -2.29. The lowest BCUT2D eigenvalue weighted by Crippen LogP contribution is -2.42. The molecular formula is C16H23ClN2O3S. The summed E-state index contributed by atoms with van der Waals surface area (Å²) in [6, 6.07) is 7.71. The van der Waals surface area contributed by atoms with E-state index in [4.69, 9.17) is 11.6 Å². The fourth-order valence-corrected chi connectivity index (χ4v) is 3.89. The first-order valence-corrected chi connectivity index (χ1v) is 10.1. The van der Waals surface area contributed by atoms with Crippen LogP contribution in [0.4, 0.5) is 0 Å². The number of nitrogens with zero attached hydrogens (tertiary/aromatic N) is 1. The van der Waals surface area contributed by atoms with Gasteiger partial charge in [0.2, 0.25) is 15.9 Å². The number of rotatable bonds is 6. The zero-order chi connectivity index (χ0) is 16.9. The molecule has 0 spiro atoms. The zero-order valence-corrected chi connectivity index (χ0v) is 14.9. The molecule has 0 saturated carbocycles. The van der Waals surface area contributed by atoms with Crippen LogP contribution >= 0.6 is 11.6 Å². The van der Waals surface area contributed by atoms with Crippen molar-refractivity contribution in [3.8, 4) is 0 Å². The summed E-state index contributed by atoms with van der Waals surface area (Å²) in [6.45, 7) is 1.46. The third kappa shape index (κ3) is 5.48. The summed E-state index contributed by atoms with van der Waals surface area (Å²) < 4.78 is 24.3. The number of halogens is 1. The Morgan fingerprint density at radius 3 is 2.57 bits per heavy atom. The minimum atomic E-state index is -3.14. The number of carbonyl (C=O) groups excluding carboxylic acids is 1. The van der Waals surface area contributed by atoms with Gasteiger partial charge in [-0.3, -0.25) is 4.79 Å². The average Bonchev–Trinajstić information content (AvgIpc) is 2.52. The van der Waals surface area contributed by atoms with Crippen molar-refractivity contribution >= 4 is 27.5 Å². The minimum Gasteiger partial charge on any atom is -0.356 e. The van der Waals surface area contributed by atoms with Crippen molar-refractivity contribution in [3.63, 3.8) is 0 Å². The van der Waals surface area contributed by atoms with Gasteiger partial charge < -0.3 is 5.32 Å². The summed E-state index contributed by atoms with van der Waals surface area (Å²) in [5.74, 6) is -0.0642. The Kier molecular flexibility index (Phi) is 6.44. The zero-order valence-electron chi connectivity index (χ0n) is 13.3. The van der Waals surface area contributed by atoms with Gasteiger partial charge in [0.05, 0.1) is 6.26 Å². The quantitative estimate of drug-likeness (QED) is 0.791.